The molecule has 1 aliphatic carbocycles. The highest BCUT2D eigenvalue weighted by Gasteiger charge is 2.58. The van der Waals surface area contributed by atoms with E-state index in [1.807, 2.05) is 32.0 Å². The molecular weight excluding hydrogens is 318 g/mol. The van der Waals surface area contributed by atoms with Crippen LogP contribution in [0.3, 0.4) is 0 Å². The van der Waals surface area contributed by atoms with Crippen molar-refractivity contribution in [3.63, 3.8) is 0 Å². The van der Waals surface area contributed by atoms with E-state index in [1.54, 1.807) is 0 Å². The van der Waals surface area contributed by atoms with Crippen LogP contribution in [0.25, 0.3) is 0 Å². The summed E-state index contributed by atoms with van der Waals surface area (Å²) in [6.45, 7) is 8.46. The normalized spacial score (nSPS) is 21.4. The monoisotopic (exact) mass is 341 g/mol. The highest BCUT2D eigenvalue weighted by Crippen LogP contribution is 2.65. The number of carbonyl (C=O) groups excluding carboxylic acids is 1. The second-order valence-electron chi connectivity index (χ2n) is 7.48. The first-order valence-electron chi connectivity index (χ1n) is 8.42. The third-order valence-electron chi connectivity index (χ3n) is 5.39. The fourth-order valence-corrected chi connectivity index (χ4v) is 3.97. The molecule has 0 aliphatic heterocycles. The maximum Gasteiger partial charge on any atom is 0.224 e. The first-order chi connectivity index (χ1) is 11.3. The Labute approximate surface area is 149 Å². The zero-order valence-corrected chi connectivity index (χ0v) is 15.4. The number of halogens is 1. The largest absolute Gasteiger partial charge is 0.326 e. The van der Waals surface area contributed by atoms with E-state index in [4.69, 9.17) is 11.6 Å². The van der Waals surface area contributed by atoms with Crippen molar-refractivity contribution in [3.05, 3.63) is 64.2 Å². The Morgan fingerprint density at radius 3 is 2.46 bits per heavy atom. The molecule has 126 valence electrons. The first-order valence-corrected chi connectivity index (χ1v) is 8.80. The van der Waals surface area contributed by atoms with Crippen molar-refractivity contribution < 1.29 is 4.79 Å². The zero-order valence-electron chi connectivity index (χ0n) is 14.7. The van der Waals surface area contributed by atoms with E-state index in [0.29, 0.717) is 23.3 Å². The summed E-state index contributed by atoms with van der Waals surface area (Å²) in [6, 6.07) is 14.3. The summed E-state index contributed by atoms with van der Waals surface area (Å²) in [7, 11) is 0. The summed E-state index contributed by atoms with van der Waals surface area (Å²) < 4.78 is 0. The van der Waals surface area contributed by atoms with Crippen molar-refractivity contribution in [1.82, 2.24) is 0 Å². The van der Waals surface area contributed by atoms with Crippen LogP contribution in [0.4, 0.5) is 5.69 Å². The minimum Gasteiger partial charge on any atom is -0.326 e. The molecule has 2 aromatic rings. The second kappa shape index (κ2) is 6.25. The summed E-state index contributed by atoms with van der Waals surface area (Å²) in [6.07, 6.45) is 0.539. The number of hydrogen-bond acceptors (Lipinski definition) is 1. The summed E-state index contributed by atoms with van der Waals surface area (Å²) in [5.74, 6) is 0.891. The van der Waals surface area contributed by atoms with E-state index in [9.17, 15) is 4.79 Å². The van der Waals surface area contributed by atoms with E-state index in [0.717, 1.165) is 16.8 Å². The Balaban J connectivity index is 1.69. The van der Waals surface area contributed by atoms with E-state index >= 15 is 0 Å². The number of aryl methyl sites for hydroxylation is 2. The van der Waals surface area contributed by atoms with Crippen LogP contribution in [0.1, 0.15) is 42.9 Å². The van der Waals surface area contributed by atoms with Gasteiger partial charge >= 0.3 is 0 Å². The molecule has 1 saturated carbocycles. The molecule has 2 nitrogen and oxygen atoms in total. The van der Waals surface area contributed by atoms with Crippen molar-refractivity contribution in [2.24, 2.45) is 11.3 Å². The Bertz CT molecular complexity index is 767. The summed E-state index contributed by atoms with van der Waals surface area (Å²) in [4.78, 5) is 12.5. The zero-order chi connectivity index (χ0) is 17.5. The van der Waals surface area contributed by atoms with Crippen molar-refractivity contribution in [3.8, 4) is 0 Å². The summed E-state index contributed by atoms with van der Waals surface area (Å²) in [5.41, 5.74) is 4.37. The molecule has 3 rings (SSSR count). The molecule has 0 bridgehead atoms. The minimum atomic E-state index is 0.0644. The van der Waals surface area contributed by atoms with Crippen molar-refractivity contribution in [2.45, 2.75) is 40.0 Å². The van der Waals surface area contributed by atoms with Gasteiger partial charge < -0.3 is 5.32 Å². The van der Waals surface area contributed by atoms with Gasteiger partial charge in [-0.05, 0) is 53.9 Å². The van der Waals surface area contributed by atoms with Crippen molar-refractivity contribution in [2.75, 3.05) is 5.32 Å². The molecule has 2 unspecified atom stereocenters. The Hall–Kier alpha value is -1.80. The molecule has 1 N–H and O–H groups in total. The second-order valence-corrected chi connectivity index (χ2v) is 7.89. The highest BCUT2D eigenvalue weighted by atomic mass is 35.5. The smallest absolute Gasteiger partial charge is 0.224 e. The lowest BCUT2D eigenvalue weighted by Gasteiger charge is -2.11. The molecule has 1 aliphatic rings. The van der Waals surface area contributed by atoms with Crippen molar-refractivity contribution >= 4 is 23.2 Å². The van der Waals surface area contributed by atoms with Gasteiger partial charge in [0.2, 0.25) is 5.91 Å². The number of rotatable bonds is 4. The molecule has 0 saturated heterocycles. The summed E-state index contributed by atoms with van der Waals surface area (Å²) >= 11 is 6.18. The number of benzene rings is 2. The molecular formula is C21H24ClNO. The van der Waals surface area contributed by atoms with E-state index < -0.39 is 0 Å². The molecule has 1 amide bonds. The van der Waals surface area contributed by atoms with Crippen LogP contribution in [0.15, 0.2) is 42.5 Å². The molecule has 24 heavy (non-hydrogen) atoms. The van der Waals surface area contributed by atoms with Crippen molar-refractivity contribution in [1.29, 1.82) is 0 Å². The van der Waals surface area contributed by atoms with Gasteiger partial charge in [-0.15, -0.1) is 0 Å². The molecule has 2 aromatic carbocycles. The van der Waals surface area contributed by atoms with Crippen LogP contribution in [-0.2, 0) is 4.79 Å². The number of anilines is 1. The van der Waals surface area contributed by atoms with Crippen LogP contribution in [0, 0.1) is 25.2 Å². The fourth-order valence-electron chi connectivity index (χ4n) is 3.81. The maximum absolute atomic E-state index is 12.5. The lowest BCUT2D eigenvalue weighted by atomic mass is 10.0. The molecule has 0 spiro atoms. The standard InChI is InChI=1S/C21H24ClNO/c1-13-10-14(2)18(12-17(13)22)23-19(24)11-16-20(21(16,3)4)15-8-6-5-7-9-15/h5-10,12,16,20H,11H2,1-4H3,(H,23,24). The highest BCUT2D eigenvalue weighted by molar-refractivity contribution is 6.31. The quantitative estimate of drug-likeness (QED) is 0.756. The van der Waals surface area contributed by atoms with E-state index in [-0.39, 0.29) is 11.3 Å². The van der Waals surface area contributed by atoms with E-state index in [2.05, 4.69) is 43.4 Å². The van der Waals surface area contributed by atoms with Crippen LogP contribution in [0.2, 0.25) is 5.02 Å². The molecule has 3 heteroatoms. The van der Waals surface area contributed by atoms with Gasteiger partial charge in [-0.2, -0.15) is 0 Å². The van der Waals surface area contributed by atoms with Crippen LogP contribution >= 0.6 is 11.6 Å². The topological polar surface area (TPSA) is 29.1 Å². The maximum atomic E-state index is 12.5. The molecule has 2 atom stereocenters. The number of hydrogen-bond donors (Lipinski definition) is 1. The lowest BCUT2D eigenvalue weighted by Crippen LogP contribution is -2.14. The molecule has 0 heterocycles. The van der Waals surface area contributed by atoms with Gasteiger partial charge in [0.25, 0.3) is 0 Å². The van der Waals surface area contributed by atoms with Crippen LogP contribution in [-0.4, -0.2) is 5.91 Å². The van der Waals surface area contributed by atoms with Gasteiger partial charge in [-0.3, -0.25) is 4.79 Å². The molecule has 0 radical (unpaired) electrons. The predicted molar refractivity (Wildman–Crippen MR) is 101 cm³/mol. The summed E-state index contributed by atoms with van der Waals surface area (Å²) in [5, 5.41) is 3.72. The first kappa shape index (κ1) is 17.0. The number of nitrogens with one attached hydrogen (secondary N) is 1. The lowest BCUT2D eigenvalue weighted by molar-refractivity contribution is -0.116. The van der Waals surface area contributed by atoms with Gasteiger partial charge in [0.1, 0.15) is 0 Å². The third-order valence-corrected chi connectivity index (χ3v) is 5.80. The average Bonchev–Trinajstić information content (AvgIpc) is 3.06. The van der Waals surface area contributed by atoms with Gasteiger partial charge in [0.05, 0.1) is 0 Å². The van der Waals surface area contributed by atoms with Gasteiger partial charge in [-0.1, -0.05) is 61.8 Å². The number of amides is 1. The Kier molecular flexibility index (Phi) is 4.44. The van der Waals surface area contributed by atoms with Gasteiger partial charge in [0, 0.05) is 17.1 Å². The Morgan fingerprint density at radius 1 is 1.12 bits per heavy atom. The molecule has 1 fully saturated rings. The SMILES string of the molecule is Cc1cc(C)c(NC(=O)CC2C(c3ccccc3)C2(C)C)cc1Cl. The minimum absolute atomic E-state index is 0.0644. The van der Waals surface area contributed by atoms with Gasteiger partial charge in [0.15, 0.2) is 0 Å². The fraction of sp³-hybridized carbons (Fsp3) is 0.381. The number of carbonyl (C=O) groups is 1. The van der Waals surface area contributed by atoms with Crippen LogP contribution < -0.4 is 5.32 Å². The Morgan fingerprint density at radius 2 is 1.79 bits per heavy atom. The molecule has 0 aromatic heterocycles. The van der Waals surface area contributed by atoms with Crippen LogP contribution in [0.5, 0.6) is 0 Å². The third kappa shape index (κ3) is 3.21. The van der Waals surface area contributed by atoms with E-state index in [1.165, 1.54) is 5.56 Å². The predicted octanol–water partition coefficient (Wildman–Crippen LogP) is 5.73. The van der Waals surface area contributed by atoms with Gasteiger partial charge in [-0.25, -0.2) is 0 Å². The average molecular weight is 342 g/mol.